The molecule has 0 saturated carbocycles. The van der Waals surface area contributed by atoms with E-state index >= 15 is 0 Å². The zero-order valence-corrected chi connectivity index (χ0v) is 14.0. The van der Waals surface area contributed by atoms with Crippen molar-refractivity contribution in [1.29, 1.82) is 0 Å². The molecule has 0 radical (unpaired) electrons. The third-order valence-corrected chi connectivity index (χ3v) is 4.44. The van der Waals surface area contributed by atoms with Crippen molar-refractivity contribution < 1.29 is 0 Å². The SMILES string of the molecule is CCC(CC)CN(CC)c1ccc(CCN)cc1Br. The van der Waals surface area contributed by atoms with Crippen molar-refractivity contribution in [3.05, 3.63) is 28.2 Å². The Kier molecular flexibility index (Phi) is 7.47. The number of anilines is 1. The Bertz CT molecular complexity index is 375. The molecule has 0 heterocycles. The summed E-state index contributed by atoms with van der Waals surface area (Å²) in [4.78, 5) is 2.47. The Labute approximate surface area is 126 Å². The highest BCUT2D eigenvalue weighted by atomic mass is 79.9. The zero-order chi connectivity index (χ0) is 14.3. The summed E-state index contributed by atoms with van der Waals surface area (Å²) in [5, 5.41) is 0. The number of hydrogen-bond acceptors (Lipinski definition) is 2. The molecule has 0 aliphatic heterocycles. The van der Waals surface area contributed by atoms with Gasteiger partial charge in [0, 0.05) is 17.6 Å². The average Bonchev–Trinajstić information content (AvgIpc) is 2.42. The molecule has 2 N–H and O–H groups in total. The number of nitrogens with zero attached hydrogens (tertiary/aromatic N) is 1. The van der Waals surface area contributed by atoms with E-state index in [1.54, 1.807) is 0 Å². The van der Waals surface area contributed by atoms with Crippen LogP contribution >= 0.6 is 15.9 Å². The standard InChI is InChI=1S/C16H27BrN2/c1-4-13(5-2)12-19(6-3)16-8-7-14(9-10-18)11-15(16)17/h7-8,11,13H,4-6,9-10,12,18H2,1-3H3. The fourth-order valence-corrected chi connectivity index (χ4v) is 3.06. The van der Waals surface area contributed by atoms with Crippen molar-refractivity contribution in [2.45, 2.75) is 40.0 Å². The monoisotopic (exact) mass is 326 g/mol. The molecule has 2 nitrogen and oxygen atoms in total. The first kappa shape index (κ1) is 16.5. The maximum absolute atomic E-state index is 5.61. The molecule has 1 aromatic rings. The number of rotatable bonds is 8. The maximum atomic E-state index is 5.61. The molecule has 0 aliphatic carbocycles. The summed E-state index contributed by atoms with van der Waals surface area (Å²) in [5.41, 5.74) is 8.21. The van der Waals surface area contributed by atoms with Crippen molar-refractivity contribution in [1.82, 2.24) is 0 Å². The first-order valence-corrected chi connectivity index (χ1v) is 8.18. The summed E-state index contributed by atoms with van der Waals surface area (Å²) < 4.78 is 1.19. The number of halogens is 1. The fourth-order valence-electron chi connectivity index (χ4n) is 2.39. The molecule has 0 aliphatic rings. The second kappa shape index (κ2) is 8.60. The van der Waals surface area contributed by atoms with Gasteiger partial charge in [-0.05, 0) is 59.4 Å². The molecule has 0 unspecified atom stereocenters. The Morgan fingerprint density at radius 1 is 1.21 bits per heavy atom. The van der Waals surface area contributed by atoms with Gasteiger partial charge in [0.1, 0.15) is 0 Å². The van der Waals surface area contributed by atoms with Gasteiger partial charge in [-0.15, -0.1) is 0 Å². The van der Waals surface area contributed by atoms with E-state index in [-0.39, 0.29) is 0 Å². The van der Waals surface area contributed by atoms with Crippen LogP contribution in [0.25, 0.3) is 0 Å². The van der Waals surface area contributed by atoms with Crippen LogP contribution in [0.15, 0.2) is 22.7 Å². The van der Waals surface area contributed by atoms with E-state index in [0.29, 0.717) is 6.54 Å². The largest absolute Gasteiger partial charge is 0.371 e. The van der Waals surface area contributed by atoms with Crippen LogP contribution in [0.1, 0.15) is 39.2 Å². The molecule has 19 heavy (non-hydrogen) atoms. The minimum Gasteiger partial charge on any atom is -0.371 e. The van der Waals surface area contributed by atoms with Gasteiger partial charge >= 0.3 is 0 Å². The van der Waals surface area contributed by atoms with Gasteiger partial charge in [0.15, 0.2) is 0 Å². The number of hydrogen-bond donors (Lipinski definition) is 1. The number of nitrogens with two attached hydrogens (primary N) is 1. The van der Waals surface area contributed by atoms with Gasteiger partial charge in [-0.2, -0.15) is 0 Å². The van der Waals surface area contributed by atoms with Gasteiger partial charge in [0.25, 0.3) is 0 Å². The summed E-state index contributed by atoms with van der Waals surface area (Å²) in [5.74, 6) is 0.774. The van der Waals surface area contributed by atoms with Gasteiger partial charge in [0.05, 0.1) is 5.69 Å². The molecule has 3 heteroatoms. The molecule has 0 saturated heterocycles. The second-order valence-corrected chi connectivity index (χ2v) is 5.90. The third kappa shape index (κ3) is 4.81. The first-order chi connectivity index (χ1) is 9.15. The highest BCUT2D eigenvalue weighted by molar-refractivity contribution is 9.10. The Balaban J connectivity index is 2.86. The molecule has 0 aromatic heterocycles. The predicted molar refractivity (Wildman–Crippen MR) is 88.9 cm³/mol. The van der Waals surface area contributed by atoms with Crippen LogP contribution in [0.5, 0.6) is 0 Å². The van der Waals surface area contributed by atoms with E-state index in [9.17, 15) is 0 Å². The summed E-state index contributed by atoms with van der Waals surface area (Å²) in [6, 6.07) is 6.63. The van der Waals surface area contributed by atoms with Crippen molar-refractivity contribution in [2.24, 2.45) is 11.7 Å². The summed E-state index contributed by atoms with van der Waals surface area (Å²) in [6.45, 7) is 9.67. The lowest BCUT2D eigenvalue weighted by molar-refractivity contribution is 0.486. The van der Waals surface area contributed by atoms with E-state index < -0.39 is 0 Å². The Hall–Kier alpha value is -0.540. The highest BCUT2D eigenvalue weighted by Gasteiger charge is 2.13. The summed E-state index contributed by atoms with van der Waals surface area (Å²) in [7, 11) is 0. The maximum Gasteiger partial charge on any atom is 0.0510 e. The zero-order valence-electron chi connectivity index (χ0n) is 12.5. The van der Waals surface area contributed by atoms with Crippen LogP contribution in [0, 0.1) is 5.92 Å². The third-order valence-electron chi connectivity index (χ3n) is 3.80. The molecule has 108 valence electrons. The molecule has 0 fully saturated rings. The van der Waals surface area contributed by atoms with Crippen molar-refractivity contribution in [3.63, 3.8) is 0 Å². The van der Waals surface area contributed by atoms with Gasteiger partial charge in [-0.1, -0.05) is 32.8 Å². The number of benzene rings is 1. The minimum absolute atomic E-state index is 0.705. The van der Waals surface area contributed by atoms with Gasteiger partial charge in [-0.3, -0.25) is 0 Å². The lowest BCUT2D eigenvalue weighted by Gasteiger charge is -2.28. The summed E-state index contributed by atoms with van der Waals surface area (Å²) >= 11 is 3.71. The highest BCUT2D eigenvalue weighted by Crippen LogP contribution is 2.28. The van der Waals surface area contributed by atoms with E-state index in [1.165, 1.54) is 28.6 Å². The molecule has 1 aromatic carbocycles. The van der Waals surface area contributed by atoms with Gasteiger partial charge in [-0.25, -0.2) is 0 Å². The van der Waals surface area contributed by atoms with Crippen molar-refractivity contribution in [2.75, 3.05) is 24.5 Å². The molecule has 0 spiro atoms. The van der Waals surface area contributed by atoms with Crippen LogP contribution in [0.4, 0.5) is 5.69 Å². The van der Waals surface area contributed by atoms with E-state index in [2.05, 4.69) is 59.8 Å². The minimum atomic E-state index is 0.705. The van der Waals surface area contributed by atoms with Gasteiger partial charge < -0.3 is 10.6 Å². The summed E-state index contributed by atoms with van der Waals surface area (Å²) in [6.07, 6.45) is 3.43. The molecular formula is C16H27BrN2. The predicted octanol–water partition coefficient (Wildman–Crippen LogP) is 4.21. The molecule has 0 bridgehead atoms. The van der Waals surface area contributed by atoms with E-state index in [0.717, 1.165) is 25.4 Å². The van der Waals surface area contributed by atoms with Crippen LogP contribution in [0.3, 0.4) is 0 Å². The quantitative estimate of drug-likeness (QED) is 0.775. The smallest absolute Gasteiger partial charge is 0.0510 e. The van der Waals surface area contributed by atoms with Crippen LogP contribution in [0.2, 0.25) is 0 Å². The second-order valence-electron chi connectivity index (χ2n) is 5.05. The van der Waals surface area contributed by atoms with Crippen molar-refractivity contribution in [3.8, 4) is 0 Å². The Morgan fingerprint density at radius 3 is 2.37 bits per heavy atom. The molecule has 0 amide bonds. The Morgan fingerprint density at radius 2 is 1.89 bits per heavy atom. The van der Waals surface area contributed by atoms with Crippen molar-refractivity contribution >= 4 is 21.6 Å². The topological polar surface area (TPSA) is 29.3 Å². The first-order valence-electron chi connectivity index (χ1n) is 7.39. The lowest BCUT2D eigenvalue weighted by Crippen LogP contribution is -2.29. The molecule has 1 rings (SSSR count). The lowest BCUT2D eigenvalue weighted by atomic mass is 10.0. The fraction of sp³-hybridized carbons (Fsp3) is 0.625. The van der Waals surface area contributed by atoms with E-state index in [1.807, 2.05) is 0 Å². The normalized spacial score (nSPS) is 11.1. The van der Waals surface area contributed by atoms with Crippen LogP contribution < -0.4 is 10.6 Å². The molecular weight excluding hydrogens is 300 g/mol. The molecule has 0 atom stereocenters. The van der Waals surface area contributed by atoms with Crippen LogP contribution in [-0.4, -0.2) is 19.6 Å². The van der Waals surface area contributed by atoms with E-state index in [4.69, 9.17) is 5.73 Å². The average molecular weight is 327 g/mol. The van der Waals surface area contributed by atoms with Gasteiger partial charge in [0.2, 0.25) is 0 Å². The van der Waals surface area contributed by atoms with Crippen LogP contribution in [-0.2, 0) is 6.42 Å².